The molecule has 21 heavy (non-hydrogen) atoms. The van der Waals surface area contributed by atoms with Gasteiger partial charge in [-0.05, 0) is 36.8 Å². The van der Waals surface area contributed by atoms with Gasteiger partial charge in [0.2, 0.25) is 0 Å². The molecule has 1 aromatic rings. The Labute approximate surface area is 120 Å². The third-order valence-corrected chi connectivity index (χ3v) is 2.16. The molecule has 0 aromatic heterocycles. The van der Waals surface area contributed by atoms with Gasteiger partial charge in [-0.25, -0.2) is 5.43 Å². The van der Waals surface area contributed by atoms with Gasteiger partial charge in [-0.3, -0.25) is 9.59 Å². The quantitative estimate of drug-likeness (QED) is 0.372. The number of nitrogens with one attached hydrogen (secondary N) is 2. The van der Waals surface area contributed by atoms with E-state index in [1.54, 1.807) is 19.1 Å². The number of hydrogen-bond donors (Lipinski definition) is 2. The van der Waals surface area contributed by atoms with Gasteiger partial charge in [-0.1, -0.05) is 0 Å². The maximum Gasteiger partial charge on any atom is 0.329 e. The molecule has 0 aliphatic heterocycles. The second kappa shape index (κ2) is 8.31. The number of ether oxygens (including phenoxy) is 1. The number of carboxylic acids is 1. The number of hydrazone groups is 1. The maximum atomic E-state index is 11.2. The molecule has 0 aliphatic rings. The third kappa shape index (κ3) is 6.19. The van der Waals surface area contributed by atoms with Gasteiger partial charge in [0.15, 0.2) is 0 Å². The van der Waals surface area contributed by atoms with Crippen LogP contribution in [0.2, 0.25) is 0 Å². The maximum absolute atomic E-state index is 11.2. The van der Waals surface area contributed by atoms with Crippen LogP contribution in [0.25, 0.3) is 0 Å². The molecule has 0 aliphatic carbocycles. The van der Waals surface area contributed by atoms with Crippen LogP contribution in [0, 0.1) is 0 Å². The number of carboxylic acid groups (broad SMARTS) is 1. The van der Waals surface area contributed by atoms with Crippen LogP contribution in [0.15, 0.2) is 29.4 Å². The van der Waals surface area contributed by atoms with Crippen LogP contribution >= 0.6 is 0 Å². The Morgan fingerprint density at radius 2 is 1.90 bits per heavy atom. The lowest BCUT2D eigenvalue weighted by Crippen LogP contribution is -2.37. The van der Waals surface area contributed by atoms with Gasteiger partial charge in [0, 0.05) is 6.54 Å². The molecule has 0 saturated heterocycles. The Morgan fingerprint density at radius 3 is 2.48 bits per heavy atom. The van der Waals surface area contributed by atoms with Gasteiger partial charge >= 0.3 is 11.8 Å². The summed E-state index contributed by atoms with van der Waals surface area (Å²) < 4.78 is 4.89. The Bertz CT molecular complexity index is 539. The lowest BCUT2D eigenvalue weighted by molar-refractivity contribution is -0.307. The summed E-state index contributed by atoms with van der Waals surface area (Å²) in [6.45, 7) is 1.51. The van der Waals surface area contributed by atoms with E-state index in [0.717, 1.165) is 0 Å². The minimum atomic E-state index is -1.31. The lowest BCUT2D eigenvalue weighted by atomic mass is 10.2. The second-order valence-electron chi connectivity index (χ2n) is 3.79. The van der Waals surface area contributed by atoms with Crippen molar-refractivity contribution in [3.05, 3.63) is 29.8 Å². The summed E-state index contributed by atoms with van der Waals surface area (Å²) >= 11 is 0. The predicted octanol–water partition coefficient (Wildman–Crippen LogP) is -1.60. The van der Waals surface area contributed by atoms with E-state index >= 15 is 0 Å². The summed E-state index contributed by atoms with van der Waals surface area (Å²) in [6.07, 6.45) is 1.33. The number of amides is 2. The highest BCUT2D eigenvalue weighted by Crippen LogP contribution is 2.10. The molecule has 0 spiro atoms. The molecule has 0 saturated carbocycles. The van der Waals surface area contributed by atoms with E-state index in [2.05, 4.69) is 15.8 Å². The van der Waals surface area contributed by atoms with Crippen molar-refractivity contribution in [1.82, 2.24) is 10.7 Å². The first kappa shape index (κ1) is 16.2. The summed E-state index contributed by atoms with van der Waals surface area (Å²) in [5.41, 5.74) is 2.70. The van der Waals surface area contributed by atoms with Crippen LogP contribution in [0.5, 0.6) is 5.75 Å². The number of aliphatic carboxylic acids is 1. The molecule has 0 bridgehead atoms. The Kier molecular flexibility index (Phi) is 6.39. The van der Waals surface area contributed by atoms with Crippen LogP contribution in [0.1, 0.15) is 12.5 Å². The van der Waals surface area contributed by atoms with Crippen molar-refractivity contribution in [2.75, 3.05) is 13.2 Å². The van der Waals surface area contributed by atoms with Crippen molar-refractivity contribution in [2.45, 2.75) is 6.92 Å². The summed E-state index contributed by atoms with van der Waals surface area (Å²) in [7, 11) is 0. The Morgan fingerprint density at radius 1 is 1.24 bits per heavy atom. The number of nitrogens with zero attached hydrogens (tertiary/aromatic N) is 1. The highest BCUT2D eigenvalue weighted by molar-refractivity contribution is 6.35. The van der Waals surface area contributed by atoms with Gasteiger partial charge in [0.25, 0.3) is 0 Å². The smallest absolute Gasteiger partial charge is 0.329 e. The fourth-order valence-electron chi connectivity index (χ4n) is 1.25. The molecule has 0 radical (unpaired) electrons. The standard InChI is InChI=1S/C13H15N3O5/c1-2-14-12(19)13(20)16-15-7-9-3-5-10(6-4-9)21-8-11(17)18/h3-7H,2,8H2,1H3,(H,14,19)(H,16,20)(H,17,18)/p-1/b15-7-. The van der Waals surface area contributed by atoms with E-state index in [9.17, 15) is 19.5 Å². The molecule has 8 heteroatoms. The topological polar surface area (TPSA) is 120 Å². The normalized spacial score (nSPS) is 10.1. The highest BCUT2D eigenvalue weighted by atomic mass is 16.5. The first-order chi connectivity index (χ1) is 10.0. The van der Waals surface area contributed by atoms with Crippen molar-refractivity contribution in [2.24, 2.45) is 5.10 Å². The van der Waals surface area contributed by atoms with Crippen LogP contribution < -0.4 is 20.6 Å². The van der Waals surface area contributed by atoms with Crippen molar-refractivity contribution in [3.63, 3.8) is 0 Å². The number of carbonyl (C=O) groups excluding carboxylic acids is 3. The van der Waals surface area contributed by atoms with E-state index in [-0.39, 0.29) is 0 Å². The Balaban J connectivity index is 2.48. The predicted molar refractivity (Wildman–Crippen MR) is 71.4 cm³/mol. The Hall–Kier alpha value is -2.90. The monoisotopic (exact) mass is 292 g/mol. The zero-order valence-electron chi connectivity index (χ0n) is 11.3. The van der Waals surface area contributed by atoms with Crippen molar-refractivity contribution in [3.8, 4) is 5.75 Å². The zero-order chi connectivity index (χ0) is 15.7. The lowest BCUT2D eigenvalue weighted by Gasteiger charge is -2.06. The largest absolute Gasteiger partial charge is 0.546 e. The highest BCUT2D eigenvalue weighted by Gasteiger charge is 2.09. The number of carbonyl (C=O) groups is 3. The van der Waals surface area contributed by atoms with E-state index in [4.69, 9.17) is 4.74 Å². The molecule has 8 nitrogen and oxygen atoms in total. The molecule has 0 fully saturated rings. The average Bonchev–Trinajstić information content (AvgIpc) is 2.46. The molecule has 112 valence electrons. The van der Waals surface area contributed by atoms with E-state index in [0.29, 0.717) is 17.9 Å². The minimum absolute atomic E-state index is 0.350. The zero-order valence-corrected chi connectivity index (χ0v) is 11.3. The molecule has 2 N–H and O–H groups in total. The fourth-order valence-corrected chi connectivity index (χ4v) is 1.25. The number of hydrogen-bond acceptors (Lipinski definition) is 6. The van der Waals surface area contributed by atoms with Gasteiger partial charge in [-0.15, -0.1) is 0 Å². The summed E-state index contributed by atoms with van der Waals surface area (Å²) in [5.74, 6) is -2.57. The van der Waals surface area contributed by atoms with Gasteiger partial charge < -0.3 is 20.0 Å². The van der Waals surface area contributed by atoms with E-state index < -0.39 is 24.4 Å². The molecule has 1 rings (SSSR count). The van der Waals surface area contributed by atoms with Crippen LogP contribution in [0.3, 0.4) is 0 Å². The second-order valence-corrected chi connectivity index (χ2v) is 3.79. The summed E-state index contributed by atoms with van der Waals surface area (Å²) in [6, 6.07) is 6.28. The summed E-state index contributed by atoms with van der Waals surface area (Å²) in [5, 5.41) is 16.2. The van der Waals surface area contributed by atoms with Gasteiger partial charge in [0.1, 0.15) is 12.4 Å². The summed E-state index contributed by atoms with van der Waals surface area (Å²) in [4.78, 5) is 32.5. The molecule has 1 aromatic carbocycles. The molecule has 0 unspecified atom stereocenters. The van der Waals surface area contributed by atoms with E-state index in [1.807, 2.05) is 0 Å². The van der Waals surface area contributed by atoms with Gasteiger partial charge in [0.05, 0.1) is 12.2 Å². The third-order valence-electron chi connectivity index (χ3n) is 2.16. The molecule has 0 atom stereocenters. The molecular weight excluding hydrogens is 278 g/mol. The fraction of sp³-hybridized carbons (Fsp3) is 0.231. The van der Waals surface area contributed by atoms with E-state index in [1.165, 1.54) is 18.3 Å². The van der Waals surface area contributed by atoms with Crippen LogP contribution in [-0.2, 0) is 14.4 Å². The SMILES string of the molecule is CCNC(=O)C(=O)N/N=C\c1ccc(OCC(=O)[O-])cc1. The minimum Gasteiger partial charge on any atom is -0.546 e. The first-order valence-electron chi connectivity index (χ1n) is 6.07. The average molecular weight is 292 g/mol. The van der Waals surface area contributed by atoms with Crippen molar-refractivity contribution < 1.29 is 24.2 Å². The first-order valence-corrected chi connectivity index (χ1v) is 6.07. The van der Waals surface area contributed by atoms with Crippen molar-refractivity contribution >= 4 is 24.0 Å². The van der Waals surface area contributed by atoms with Crippen LogP contribution in [0.4, 0.5) is 0 Å². The van der Waals surface area contributed by atoms with Crippen molar-refractivity contribution in [1.29, 1.82) is 0 Å². The molecular formula is C13H14N3O5-. The molecule has 2 amide bonds. The number of likely N-dealkylation sites (N-methyl/N-ethyl adjacent to an activating group) is 1. The number of rotatable bonds is 6. The molecule has 0 heterocycles. The van der Waals surface area contributed by atoms with Crippen LogP contribution in [-0.4, -0.2) is 37.1 Å². The number of benzene rings is 1. The van der Waals surface area contributed by atoms with Gasteiger partial charge in [-0.2, -0.15) is 5.10 Å².